The highest BCUT2D eigenvalue weighted by molar-refractivity contribution is 7.91. The molecule has 2 heterocycles. The molecule has 1 saturated heterocycles. The molecule has 1 aliphatic rings. The zero-order valence-corrected chi connectivity index (χ0v) is 20.4. The van der Waals surface area contributed by atoms with Crippen LogP contribution in [0.4, 0.5) is 5.69 Å². The molecule has 1 fully saturated rings. The van der Waals surface area contributed by atoms with Gasteiger partial charge in [-0.05, 0) is 43.2 Å². The summed E-state index contributed by atoms with van der Waals surface area (Å²) in [6.45, 7) is 7.94. The summed E-state index contributed by atoms with van der Waals surface area (Å²) >= 11 is 7.34. The number of sulfonamides is 1. The number of halogens is 1. The van der Waals surface area contributed by atoms with Gasteiger partial charge in [-0.1, -0.05) is 52.8 Å². The second-order valence-corrected chi connectivity index (χ2v) is 11.2. The van der Waals surface area contributed by atoms with Crippen molar-refractivity contribution in [1.82, 2.24) is 10.0 Å². The molecule has 6 nitrogen and oxygen atoms in total. The third-order valence-corrected chi connectivity index (χ3v) is 8.64. The number of nitrogens with zero attached hydrogens (tertiary/aromatic N) is 1. The molecule has 4 rings (SSSR count). The number of hydrogen-bond donors (Lipinski definition) is 2. The van der Waals surface area contributed by atoms with Crippen molar-refractivity contribution in [2.45, 2.75) is 24.6 Å². The van der Waals surface area contributed by atoms with E-state index in [2.05, 4.69) is 14.9 Å². The standard InChI is InChI=1S/C23H26ClN3O3S2/c1-16-6-7-18(17(2)12-16)15-26-32(28,29)22-14-21(24)23(31-22)30-20-5-3-4-19(13-20)27-10-8-25-9-11-27/h3-7,12-14,25-26H,8-11,15H2,1-2H3. The average Bonchev–Trinajstić information content (AvgIpc) is 3.15. The van der Waals surface area contributed by atoms with Gasteiger partial charge in [0.15, 0.2) is 0 Å². The van der Waals surface area contributed by atoms with Crippen LogP contribution in [-0.2, 0) is 16.6 Å². The van der Waals surface area contributed by atoms with Crippen LogP contribution in [0.5, 0.6) is 10.8 Å². The maximum Gasteiger partial charge on any atom is 0.250 e. The van der Waals surface area contributed by atoms with E-state index in [-0.39, 0.29) is 15.8 Å². The van der Waals surface area contributed by atoms with Gasteiger partial charge in [-0.2, -0.15) is 0 Å². The summed E-state index contributed by atoms with van der Waals surface area (Å²) in [6, 6.07) is 15.1. The molecule has 0 aliphatic carbocycles. The van der Waals surface area contributed by atoms with E-state index in [4.69, 9.17) is 16.3 Å². The number of rotatable bonds is 7. The van der Waals surface area contributed by atoms with Crippen LogP contribution in [0.1, 0.15) is 16.7 Å². The first-order valence-electron chi connectivity index (χ1n) is 10.4. The highest BCUT2D eigenvalue weighted by atomic mass is 35.5. The Morgan fingerprint density at radius 1 is 1.12 bits per heavy atom. The smallest absolute Gasteiger partial charge is 0.250 e. The van der Waals surface area contributed by atoms with Gasteiger partial charge in [0.05, 0.1) is 5.02 Å². The monoisotopic (exact) mass is 491 g/mol. The van der Waals surface area contributed by atoms with E-state index in [0.717, 1.165) is 59.9 Å². The molecule has 32 heavy (non-hydrogen) atoms. The van der Waals surface area contributed by atoms with Gasteiger partial charge in [0.2, 0.25) is 5.06 Å². The van der Waals surface area contributed by atoms with Gasteiger partial charge >= 0.3 is 0 Å². The molecule has 0 saturated carbocycles. The van der Waals surface area contributed by atoms with Crippen LogP contribution in [0.2, 0.25) is 5.02 Å². The second-order valence-electron chi connectivity index (χ2n) is 7.79. The Kier molecular flexibility index (Phi) is 7.07. The fourth-order valence-corrected chi connectivity index (χ4v) is 6.25. The Labute approximate surface area is 198 Å². The molecule has 170 valence electrons. The Hall–Kier alpha value is -2.10. The van der Waals surface area contributed by atoms with E-state index in [1.807, 2.05) is 56.3 Å². The summed E-state index contributed by atoms with van der Waals surface area (Å²) in [5.41, 5.74) is 4.19. The fraction of sp³-hybridized carbons (Fsp3) is 0.304. The molecular weight excluding hydrogens is 466 g/mol. The van der Waals surface area contributed by atoms with Crippen molar-refractivity contribution in [2.24, 2.45) is 0 Å². The van der Waals surface area contributed by atoms with Crippen molar-refractivity contribution in [3.8, 4) is 10.8 Å². The summed E-state index contributed by atoms with van der Waals surface area (Å²) < 4.78 is 34.4. The highest BCUT2D eigenvalue weighted by Crippen LogP contribution is 2.40. The fourth-order valence-electron chi connectivity index (χ4n) is 3.60. The normalized spacial score (nSPS) is 14.5. The summed E-state index contributed by atoms with van der Waals surface area (Å²) in [6.07, 6.45) is 0. The van der Waals surface area contributed by atoms with Crippen LogP contribution in [0.3, 0.4) is 0 Å². The SMILES string of the molecule is Cc1ccc(CNS(=O)(=O)c2cc(Cl)c(Oc3cccc(N4CCNCC4)c3)s2)c(C)c1. The minimum atomic E-state index is -3.72. The summed E-state index contributed by atoms with van der Waals surface area (Å²) in [4.78, 5) is 2.28. The number of thiophene rings is 1. The van der Waals surface area contributed by atoms with Crippen LogP contribution in [0.25, 0.3) is 0 Å². The zero-order valence-electron chi connectivity index (χ0n) is 18.0. The van der Waals surface area contributed by atoms with E-state index in [1.165, 1.54) is 6.07 Å². The Balaban J connectivity index is 1.47. The molecule has 2 N–H and O–H groups in total. The van der Waals surface area contributed by atoms with Gasteiger partial charge in [0.1, 0.15) is 9.96 Å². The van der Waals surface area contributed by atoms with Crippen LogP contribution >= 0.6 is 22.9 Å². The van der Waals surface area contributed by atoms with Crippen molar-refractivity contribution in [3.63, 3.8) is 0 Å². The van der Waals surface area contributed by atoms with E-state index in [0.29, 0.717) is 10.8 Å². The van der Waals surface area contributed by atoms with E-state index >= 15 is 0 Å². The van der Waals surface area contributed by atoms with Gasteiger partial charge in [0, 0.05) is 44.5 Å². The van der Waals surface area contributed by atoms with E-state index in [1.54, 1.807) is 0 Å². The molecule has 0 radical (unpaired) electrons. The number of aryl methyl sites for hydroxylation is 2. The first-order valence-corrected chi connectivity index (χ1v) is 13.1. The lowest BCUT2D eigenvalue weighted by molar-refractivity contribution is 0.496. The Morgan fingerprint density at radius 3 is 2.66 bits per heavy atom. The number of hydrogen-bond acceptors (Lipinski definition) is 6. The summed E-state index contributed by atoms with van der Waals surface area (Å²) in [7, 11) is -3.72. The maximum absolute atomic E-state index is 12.8. The third-order valence-electron chi connectivity index (χ3n) is 5.36. The van der Waals surface area contributed by atoms with Crippen LogP contribution < -0.4 is 19.7 Å². The van der Waals surface area contributed by atoms with Gasteiger partial charge in [-0.25, -0.2) is 13.1 Å². The number of anilines is 1. The summed E-state index contributed by atoms with van der Waals surface area (Å²) in [5, 5.41) is 3.97. The first kappa shape index (κ1) is 23.1. The molecule has 0 atom stereocenters. The number of piperazine rings is 1. The highest BCUT2D eigenvalue weighted by Gasteiger charge is 2.21. The molecule has 2 aromatic carbocycles. The number of ether oxygens (including phenoxy) is 1. The van der Waals surface area contributed by atoms with Crippen molar-refractivity contribution < 1.29 is 13.2 Å². The molecule has 3 aromatic rings. The van der Waals surface area contributed by atoms with Crippen LogP contribution in [-0.4, -0.2) is 34.6 Å². The number of nitrogens with one attached hydrogen (secondary N) is 2. The van der Waals surface area contributed by atoms with Gasteiger partial charge in [0.25, 0.3) is 10.0 Å². The minimum Gasteiger partial charge on any atom is -0.445 e. The maximum atomic E-state index is 12.8. The van der Waals surface area contributed by atoms with Crippen molar-refractivity contribution in [1.29, 1.82) is 0 Å². The van der Waals surface area contributed by atoms with Crippen molar-refractivity contribution >= 4 is 38.6 Å². The lowest BCUT2D eigenvalue weighted by Crippen LogP contribution is -2.43. The quantitative estimate of drug-likeness (QED) is 0.501. The molecule has 9 heteroatoms. The predicted molar refractivity (Wildman–Crippen MR) is 131 cm³/mol. The largest absolute Gasteiger partial charge is 0.445 e. The molecule has 0 bridgehead atoms. The molecule has 0 amide bonds. The van der Waals surface area contributed by atoms with Crippen LogP contribution in [0.15, 0.2) is 52.7 Å². The summed E-state index contributed by atoms with van der Waals surface area (Å²) in [5.74, 6) is 0.622. The van der Waals surface area contributed by atoms with Crippen molar-refractivity contribution in [2.75, 3.05) is 31.1 Å². The lowest BCUT2D eigenvalue weighted by atomic mass is 10.1. The predicted octanol–water partition coefficient (Wildman–Crippen LogP) is 4.70. The average molecular weight is 492 g/mol. The second kappa shape index (κ2) is 9.80. The van der Waals surface area contributed by atoms with Crippen LogP contribution in [0, 0.1) is 13.8 Å². The number of benzene rings is 2. The Morgan fingerprint density at radius 2 is 1.91 bits per heavy atom. The molecule has 1 aromatic heterocycles. The third kappa shape index (κ3) is 5.44. The minimum absolute atomic E-state index is 0.125. The molecular formula is C23H26ClN3O3S2. The molecule has 0 unspecified atom stereocenters. The topological polar surface area (TPSA) is 70.7 Å². The van der Waals surface area contributed by atoms with E-state index in [9.17, 15) is 8.42 Å². The zero-order chi connectivity index (χ0) is 22.7. The molecule has 0 spiro atoms. The van der Waals surface area contributed by atoms with Gasteiger partial charge < -0.3 is 15.0 Å². The molecule has 1 aliphatic heterocycles. The van der Waals surface area contributed by atoms with Gasteiger partial charge in [-0.15, -0.1) is 0 Å². The van der Waals surface area contributed by atoms with Gasteiger partial charge in [-0.3, -0.25) is 0 Å². The first-order chi connectivity index (χ1) is 15.3. The van der Waals surface area contributed by atoms with Crippen molar-refractivity contribution in [3.05, 3.63) is 70.2 Å². The Bertz CT molecular complexity index is 1200. The lowest BCUT2D eigenvalue weighted by Gasteiger charge is -2.29. The van der Waals surface area contributed by atoms with E-state index < -0.39 is 10.0 Å².